The highest BCUT2D eigenvalue weighted by atomic mass is 17.2. The molecule has 5 heteroatoms. The molecule has 1 aromatic heterocycles. The van der Waals surface area contributed by atoms with Gasteiger partial charge in [0.15, 0.2) is 5.75 Å². The molecular formula is C12H13N3O2. The molecule has 0 aliphatic rings. The number of nitrogens with two attached hydrogens (primary N) is 1. The molecule has 0 spiro atoms. The van der Waals surface area contributed by atoms with Crippen LogP contribution in [0, 0.1) is 0 Å². The average Bonchev–Trinajstić information content (AvgIpc) is 2.40. The van der Waals surface area contributed by atoms with Crippen molar-refractivity contribution in [1.29, 1.82) is 0 Å². The van der Waals surface area contributed by atoms with E-state index >= 15 is 0 Å². The van der Waals surface area contributed by atoms with Gasteiger partial charge < -0.3 is 10.3 Å². The van der Waals surface area contributed by atoms with Gasteiger partial charge in [-0.3, -0.25) is 0 Å². The van der Waals surface area contributed by atoms with Crippen molar-refractivity contribution in [2.45, 2.75) is 6.61 Å². The number of hydrogen-bond acceptors (Lipinski definition) is 5. The third-order valence-corrected chi connectivity index (χ3v) is 2.10. The summed E-state index contributed by atoms with van der Waals surface area (Å²) in [5, 5.41) is 0. The summed E-state index contributed by atoms with van der Waals surface area (Å²) in [5.74, 6) is 6.29. The SMILES string of the molecule is NNc1cc(OOCc2ccccc2)ccn1. The van der Waals surface area contributed by atoms with Gasteiger partial charge in [0.1, 0.15) is 12.4 Å². The Labute approximate surface area is 99.1 Å². The van der Waals surface area contributed by atoms with Crippen LogP contribution in [0.5, 0.6) is 5.75 Å². The highest BCUT2D eigenvalue weighted by molar-refractivity contribution is 5.38. The lowest BCUT2D eigenvalue weighted by Crippen LogP contribution is -2.08. The lowest BCUT2D eigenvalue weighted by Gasteiger charge is -2.06. The van der Waals surface area contributed by atoms with Gasteiger partial charge in [-0.15, -0.1) is 0 Å². The molecule has 0 aliphatic heterocycles. The van der Waals surface area contributed by atoms with E-state index in [1.807, 2.05) is 30.3 Å². The fourth-order valence-electron chi connectivity index (χ4n) is 1.28. The summed E-state index contributed by atoms with van der Waals surface area (Å²) in [6.07, 6.45) is 1.58. The molecule has 2 rings (SSSR count). The Morgan fingerprint density at radius 1 is 1.18 bits per heavy atom. The number of nitrogens with one attached hydrogen (secondary N) is 1. The summed E-state index contributed by atoms with van der Waals surface area (Å²) in [6, 6.07) is 13.1. The number of aromatic nitrogens is 1. The first-order chi connectivity index (χ1) is 8.38. The van der Waals surface area contributed by atoms with Crippen molar-refractivity contribution in [2.75, 3.05) is 5.43 Å². The lowest BCUT2D eigenvalue weighted by molar-refractivity contribution is -0.217. The lowest BCUT2D eigenvalue weighted by atomic mass is 10.2. The molecule has 0 saturated heterocycles. The largest absolute Gasteiger partial charge is 0.337 e. The molecule has 0 atom stereocenters. The second kappa shape index (κ2) is 5.83. The minimum Gasteiger partial charge on any atom is -0.337 e. The van der Waals surface area contributed by atoms with Crippen LogP contribution >= 0.6 is 0 Å². The Bertz CT molecular complexity index is 462. The van der Waals surface area contributed by atoms with E-state index in [4.69, 9.17) is 15.6 Å². The average molecular weight is 231 g/mol. The standard InChI is InChI=1S/C12H13N3O2/c13-15-12-8-11(6-7-14-12)17-16-9-10-4-2-1-3-5-10/h1-8H,9,13H2,(H,14,15). The van der Waals surface area contributed by atoms with Gasteiger partial charge in [-0.1, -0.05) is 30.3 Å². The highest BCUT2D eigenvalue weighted by Crippen LogP contribution is 2.14. The molecule has 1 heterocycles. The van der Waals surface area contributed by atoms with Crippen LogP contribution in [0.2, 0.25) is 0 Å². The summed E-state index contributed by atoms with van der Waals surface area (Å²) in [6.45, 7) is 0.383. The first-order valence-corrected chi connectivity index (χ1v) is 5.14. The maximum Gasteiger partial charge on any atom is 0.170 e. The summed E-state index contributed by atoms with van der Waals surface area (Å²) in [4.78, 5) is 14.2. The zero-order chi connectivity index (χ0) is 11.9. The Morgan fingerprint density at radius 2 is 2.00 bits per heavy atom. The van der Waals surface area contributed by atoms with E-state index in [0.29, 0.717) is 18.2 Å². The number of nitrogen functional groups attached to an aromatic ring is 1. The van der Waals surface area contributed by atoms with Crippen LogP contribution in [0.25, 0.3) is 0 Å². The number of pyridine rings is 1. The maximum atomic E-state index is 5.23. The Balaban J connectivity index is 1.86. The molecule has 88 valence electrons. The smallest absolute Gasteiger partial charge is 0.170 e. The summed E-state index contributed by atoms with van der Waals surface area (Å²) in [7, 11) is 0. The Morgan fingerprint density at radius 3 is 2.76 bits per heavy atom. The van der Waals surface area contributed by atoms with E-state index in [1.165, 1.54) is 0 Å². The quantitative estimate of drug-likeness (QED) is 0.467. The van der Waals surface area contributed by atoms with Crippen LogP contribution in [0.15, 0.2) is 48.7 Å². The van der Waals surface area contributed by atoms with Crippen molar-refractivity contribution in [1.82, 2.24) is 4.98 Å². The number of hydrazine groups is 1. The first-order valence-electron chi connectivity index (χ1n) is 5.14. The summed E-state index contributed by atoms with van der Waals surface area (Å²) < 4.78 is 0. The molecule has 3 N–H and O–H groups in total. The van der Waals surface area contributed by atoms with Gasteiger partial charge in [0.2, 0.25) is 0 Å². The van der Waals surface area contributed by atoms with Crippen molar-refractivity contribution in [3.8, 4) is 5.75 Å². The van der Waals surface area contributed by atoms with Crippen molar-refractivity contribution in [2.24, 2.45) is 5.84 Å². The van der Waals surface area contributed by atoms with E-state index in [0.717, 1.165) is 5.56 Å². The van der Waals surface area contributed by atoms with Crippen molar-refractivity contribution < 1.29 is 9.78 Å². The fraction of sp³-hybridized carbons (Fsp3) is 0.0833. The van der Waals surface area contributed by atoms with Gasteiger partial charge in [0.05, 0.1) is 0 Å². The zero-order valence-electron chi connectivity index (χ0n) is 9.17. The van der Waals surface area contributed by atoms with Gasteiger partial charge in [-0.05, 0) is 5.56 Å². The molecule has 17 heavy (non-hydrogen) atoms. The normalized spacial score (nSPS) is 9.94. The molecule has 0 amide bonds. The molecule has 0 aliphatic carbocycles. The first kappa shape index (κ1) is 11.4. The van der Waals surface area contributed by atoms with E-state index in [1.54, 1.807) is 18.3 Å². The monoisotopic (exact) mass is 231 g/mol. The van der Waals surface area contributed by atoms with Crippen molar-refractivity contribution >= 4 is 5.82 Å². The number of nitrogens with zero attached hydrogens (tertiary/aromatic N) is 1. The second-order valence-electron chi connectivity index (χ2n) is 3.35. The second-order valence-corrected chi connectivity index (χ2v) is 3.35. The van der Waals surface area contributed by atoms with Crippen LogP contribution in [0.4, 0.5) is 5.82 Å². The van der Waals surface area contributed by atoms with Gasteiger partial charge >= 0.3 is 0 Å². The predicted molar refractivity (Wildman–Crippen MR) is 63.9 cm³/mol. The third-order valence-electron chi connectivity index (χ3n) is 2.10. The molecular weight excluding hydrogens is 218 g/mol. The Kier molecular flexibility index (Phi) is 3.90. The molecule has 0 radical (unpaired) electrons. The van der Waals surface area contributed by atoms with E-state index in [-0.39, 0.29) is 0 Å². The third kappa shape index (κ3) is 3.44. The molecule has 0 unspecified atom stereocenters. The maximum absolute atomic E-state index is 5.23. The van der Waals surface area contributed by atoms with Crippen LogP contribution < -0.4 is 16.2 Å². The van der Waals surface area contributed by atoms with Crippen LogP contribution in [-0.4, -0.2) is 4.98 Å². The minimum absolute atomic E-state index is 0.383. The van der Waals surface area contributed by atoms with Gasteiger partial charge in [0.25, 0.3) is 0 Å². The van der Waals surface area contributed by atoms with Gasteiger partial charge in [0, 0.05) is 18.3 Å². The Hall–Kier alpha value is -2.11. The van der Waals surface area contributed by atoms with E-state index in [2.05, 4.69) is 10.4 Å². The van der Waals surface area contributed by atoms with Gasteiger partial charge in [-0.2, -0.15) is 4.89 Å². The van der Waals surface area contributed by atoms with Crippen LogP contribution in [-0.2, 0) is 11.5 Å². The van der Waals surface area contributed by atoms with E-state index < -0.39 is 0 Å². The molecule has 2 aromatic rings. The topological polar surface area (TPSA) is 69.4 Å². The highest BCUT2D eigenvalue weighted by Gasteiger charge is 1.98. The molecule has 5 nitrogen and oxygen atoms in total. The van der Waals surface area contributed by atoms with E-state index in [9.17, 15) is 0 Å². The predicted octanol–water partition coefficient (Wildman–Crippen LogP) is 1.88. The number of benzene rings is 1. The summed E-state index contributed by atoms with van der Waals surface area (Å²) in [5.41, 5.74) is 3.47. The van der Waals surface area contributed by atoms with Crippen LogP contribution in [0.3, 0.4) is 0 Å². The van der Waals surface area contributed by atoms with Crippen LogP contribution in [0.1, 0.15) is 5.56 Å². The molecule has 0 saturated carbocycles. The van der Waals surface area contributed by atoms with Gasteiger partial charge in [-0.25, -0.2) is 10.8 Å². The number of anilines is 1. The summed E-state index contributed by atoms with van der Waals surface area (Å²) >= 11 is 0. The fourth-order valence-corrected chi connectivity index (χ4v) is 1.28. The van der Waals surface area contributed by atoms with Crippen molar-refractivity contribution in [3.05, 3.63) is 54.2 Å². The molecule has 0 fully saturated rings. The minimum atomic E-state index is 0.383. The zero-order valence-corrected chi connectivity index (χ0v) is 9.17. The van der Waals surface area contributed by atoms with Crippen molar-refractivity contribution in [3.63, 3.8) is 0 Å². The molecule has 1 aromatic carbocycles. The molecule has 0 bridgehead atoms. The number of rotatable bonds is 5. The number of hydrogen-bond donors (Lipinski definition) is 2.